The number of amides is 1. The van der Waals surface area contributed by atoms with Crippen molar-refractivity contribution in [3.8, 4) is 5.75 Å². The van der Waals surface area contributed by atoms with Crippen molar-refractivity contribution < 1.29 is 18.7 Å². The van der Waals surface area contributed by atoms with E-state index in [0.29, 0.717) is 30.5 Å². The molecule has 3 rings (SSSR count). The summed E-state index contributed by atoms with van der Waals surface area (Å²) in [5.41, 5.74) is 5.80. The zero-order valence-corrected chi connectivity index (χ0v) is 13.0. The Balaban J connectivity index is 1.67. The van der Waals surface area contributed by atoms with E-state index in [9.17, 15) is 9.18 Å². The standard InChI is InChI=1S/C15H16FN3O3S/c16-9-2-1-3-10(6-9)22-13-4-5-21-7-11(13)18-14(20)12-8-23-15(17)19-12/h1-3,6,8,11,13H,4-5,7H2,(H2,17,19)(H,18,20)/t11-,13+/m1/s1. The molecule has 1 aromatic carbocycles. The highest BCUT2D eigenvalue weighted by molar-refractivity contribution is 7.13. The summed E-state index contributed by atoms with van der Waals surface area (Å²) in [4.78, 5) is 16.1. The van der Waals surface area contributed by atoms with Crippen LogP contribution in [-0.2, 0) is 4.74 Å². The first-order valence-corrected chi connectivity index (χ1v) is 8.01. The summed E-state index contributed by atoms with van der Waals surface area (Å²) < 4.78 is 24.5. The van der Waals surface area contributed by atoms with E-state index >= 15 is 0 Å². The predicted octanol–water partition coefficient (Wildman–Crippen LogP) is 1.83. The van der Waals surface area contributed by atoms with Crippen molar-refractivity contribution in [1.29, 1.82) is 0 Å². The first kappa shape index (κ1) is 15.7. The van der Waals surface area contributed by atoms with E-state index in [0.717, 1.165) is 0 Å². The second-order valence-electron chi connectivity index (χ2n) is 5.13. The van der Waals surface area contributed by atoms with Gasteiger partial charge in [-0.1, -0.05) is 6.07 Å². The minimum Gasteiger partial charge on any atom is -0.488 e. The third-order valence-electron chi connectivity index (χ3n) is 3.45. The molecule has 1 aliphatic heterocycles. The van der Waals surface area contributed by atoms with Gasteiger partial charge in [0.25, 0.3) is 5.91 Å². The first-order chi connectivity index (χ1) is 11.1. The Morgan fingerprint density at radius 2 is 2.39 bits per heavy atom. The number of nitrogens with zero attached hydrogens (tertiary/aromatic N) is 1. The summed E-state index contributed by atoms with van der Waals surface area (Å²) in [5, 5.41) is 4.77. The maximum Gasteiger partial charge on any atom is 0.271 e. The lowest BCUT2D eigenvalue weighted by atomic mass is 10.1. The second-order valence-corrected chi connectivity index (χ2v) is 6.02. The molecular formula is C15H16FN3O3S. The highest BCUT2D eigenvalue weighted by atomic mass is 32.1. The summed E-state index contributed by atoms with van der Waals surface area (Å²) in [6.45, 7) is 0.849. The van der Waals surface area contributed by atoms with Gasteiger partial charge in [0, 0.05) is 17.9 Å². The Bertz CT molecular complexity index is 694. The van der Waals surface area contributed by atoms with E-state index in [1.807, 2.05) is 0 Å². The summed E-state index contributed by atoms with van der Waals surface area (Å²) >= 11 is 1.20. The third kappa shape index (κ3) is 3.96. The van der Waals surface area contributed by atoms with E-state index < -0.39 is 0 Å². The lowest BCUT2D eigenvalue weighted by Gasteiger charge is -2.32. The van der Waals surface area contributed by atoms with Crippen LogP contribution in [0.15, 0.2) is 29.6 Å². The Kier molecular flexibility index (Phi) is 4.73. The monoisotopic (exact) mass is 337 g/mol. The van der Waals surface area contributed by atoms with Crippen LogP contribution in [0.1, 0.15) is 16.9 Å². The molecule has 3 N–H and O–H groups in total. The maximum atomic E-state index is 13.3. The smallest absolute Gasteiger partial charge is 0.271 e. The average Bonchev–Trinajstić information content (AvgIpc) is 2.96. The molecule has 8 heteroatoms. The van der Waals surface area contributed by atoms with Crippen LogP contribution in [0, 0.1) is 5.82 Å². The molecule has 1 amide bonds. The van der Waals surface area contributed by atoms with Gasteiger partial charge in [0.15, 0.2) is 5.13 Å². The molecular weight excluding hydrogens is 321 g/mol. The Labute approximate surface area is 136 Å². The van der Waals surface area contributed by atoms with Gasteiger partial charge in [-0.05, 0) is 12.1 Å². The molecule has 6 nitrogen and oxygen atoms in total. The van der Waals surface area contributed by atoms with E-state index in [-0.39, 0.29) is 29.6 Å². The summed E-state index contributed by atoms with van der Waals surface area (Å²) in [6.07, 6.45) is 0.297. The molecule has 122 valence electrons. The largest absolute Gasteiger partial charge is 0.488 e. The van der Waals surface area contributed by atoms with Gasteiger partial charge < -0.3 is 20.5 Å². The minimum atomic E-state index is -0.368. The van der Waals surface area contributed by atoms with E-state index in [1.165, 1.54) is 23.5 Å². The second kappa shape index (κ2) is 6.93. The lowest BCUT2D eigenvalue weighted by molar-refractivity contribution is -0.00302. The molecule has 0 saturated carbocycles. The molecule has 2 aromatic rings. The molecule has 0 aliphatic carbocycles. The number of ether oxygens (including phenoxy) is 2. The number of nitrogens with one attached hydrogen (secondary N) is 1. The number of carbonyl (C=O) groups is 1. The average molecular weight is 337 g/mol. The van der Waals surface area contributed by atoms with Crippen LogP contribution in [0.3, 0.4) is 0 Å². The number of carbonyl (C=O) groups excluding carboxylic acids is 1. The van der Waals surface area contributed by atoms with E-state index in [4.69, 9.17) is 15.2 Å². The number of anilines is 1. The van der Waals surface area contributed by atoms with Crippen LogP contribution in [0.2, 0.25) is 0 Å². The fraction of sp³-hybridized carbons (Fsp3) is 0.333. The van der Waals surface area contributed by atoms with Crippen LogP contribution in [0.5, 0.6) is 5.75 Å². The molecule has 2 atom stereocenters. The number of thiazole rings is 1. The van der Waals surface area contributed by atoms with Gasteiger partial charge in [0.05, 0.1) is 19.3 Å². The van der Waals surface area contributed by atoms with Gasteiger partial charge in [0.2, 0.25) is 0 Å². The van der Waals surface area contributed by atoms with Crippen LogP contribution in [-0.4, -0.2) is 36.3 Å². The SMILES string of the molecule is Nc1nc(C(=O)N[C@@H]2COCC[C@@H]2Oc2cccc(F)c2)cs1. The molecule has 0 spiro atoms. The maximum absolute atomic E-state index is 13.3. The minimum absolute atomic E-state index is 0.266. The molecule has 0 unspecified atom stereocenters. The van der Waals surface area contributed by atoms with Gasteiger partial charge in [0.1, 0.15) is 23.4 Å². The summed E-state index contributed by atoms with van der Waals surface area (Å²) in [6, 6.07) is 5.58. The normalized spacial score (nSPS) is 20.9. The molecule has 1 aliphatic rings. The van der Waals surface area contributed by atoms with Crippen LogP contribution >= 0.6 is 11.3 Å². The molecule has 1 fully saturated rings. The Hall–Kier alpha value is -2.19. The third-order valence-corrected chi connectivity index (χ3v) is 4.12. The number of hydrogen-bond donors (Lipinski definition) is 2. The van der Waals surface area contributed by atoms with Crippen molar-refractivity contribution in [3.63, 3.8) is 0 Å². The summed E-state index contributed by atoms with van der Waals surface area (Å²) in [7, 11) is 0. The van der Waals surface area contributed by atoms with Crippen molar-refractivity contribution in [1.82, 2.24) is 10.3 Å². The van der Waals surface area contributed by atoms with Crippen LogP contribution in [0.4, 0.5) is 9.52 Å². The van der Waals surface area contributed by atoms with E-state index in [1.54, 1.807) is 17.5 Å². The number of hydrogen-bond acceptors (Lipinski definition) is 6. The number of nitrogen functional groups attached to an aromatic ring is 1. The predicted molar refractivity (Wildman–Crippen MR) is 84.0 cm³/mol. The molecule has 0 bridgehead atoms. The lowest BCUT2D eigenvalue weighted by Crippen LogP contribution is -2.51. The zero-order valence-electron chi connectivity index (χ0n) is 12.2. The summed E-state index contributed by atoms with van der Waals surface area (Å²) in [5.74, 6) is -0.275. The molecule has 0 radical (unpaired) electrons. The number of nitrogens with two attached hydrogens (primary N) is 1. The molecule has 1 aromatic heterocycles. The highest BCUT2D eigenvalue weighted by Crippen LogP contribution is 2.20. The first-order valence-electron chi connectivity index (χ1n) is 7.13. The number of halogens is 1. The van der Waals surface area contributed by atoms with Crippen molar-refractivity contribution in [2.75, 3.05) is 18.9 Å². The van der Waals surface area contributed by atoms with Crippen molar-refractivity contribution in [2.24, 2.45) is 0 Å². The zero-order chi connectivity index (χ0) is 16.2. The number of benzene rings is 1. The van der Waals surface area contributed by atoms with Gasteiger partial charge in [-0.25, -0.2) is 9.37 Å². The highest BCUT2D eigenvalue weighted by Gasteiger charge is 2.29. The quantitative estimate of drug-likeness (QED) is 0.889. The Morgan fingerprint density at radius 1 is 1.52 bits per heavy atom. The van der Waals surface area contributed by atoms with E-state index in [2.05, 4.69) is 10.3 Å². The van der Waals surface area contributed by atoms with Gasteiger partial charge in [-0.15, -0.1) is 11.3 Å². The molecule has 23 heavy (non-hydrogen) atoms. The van der Waals surface area contributed by atoms with Gasteiger partial charge >= 0.3 is 0 Å². The fourth-order valence-electron chi connectivity index (χ4n) is 2.34. The number of rotatable bonds is 4. The van der Waals surface area contributed by atoms with Crippen molar-refractivity contribution in [3.05, 3.63) is 41.2 Å². The van der Waals surface area contributed by atoms with Crippen LogP contribution in [0.25, 0.3) is 0 Å². The molecule has 1 saturated heterocycles. The number of aromatic nitrogens is 1. The Morgan fingerprint density at radius 3 is 3.13 bits per heavy atom. The van der Waals surface area contributed by atoms with Gasteiger partial charge in [-0.2, -0.15) is 0 Å². The topological polar surface area (TPSA) is 86.5 Å². The van der Waals surface area contributed by atoms with Crippen LogP contribution < -0.4 is 15.8 Å². The van der Waals surface area contributed by atoms with Crippen molar-refractivity contribution in [2.45, 2.75) is 18.6 Å². The van der Waals surface area contributed by atoms with Gasteiger partial charge in [-0.3, -0.25) is 4.79 Å². The van der Waals surface area contributed by atoms with Crippen molar-refractivity contribution >= 4 is 22.4 Å². The fourth-order valence-corrected chi connectivity index (χ4v) is 2.89. The molecule has 2 heterocycles.